The molecule has 0 aliphatic rings. The summed E-state index contributed by atoms with van der Waals surface area (Å²) in [6.45, 7) is 5.12. The molecule has 80 valence electrons. The van der Waals surface area contributed by atoms with Crippen LogP contribution in [0.2, 0.25) is 0 Å². The molecule has 0 saturated carbocycles. The Bertz CT molecular complexity index is 244. The number of rotatable bonds is 1. The number of amides is 2. The number of carbonyl (C=O) groups excluding carboxylic acids is 2. The average molecular weight is 203 g/mol. The van der Waals surface area contributed by atoms with Crippen LogP contribution in [0.1, 0.15) is 20.8 Å². The lowest BCUT2D eigenvalue weighted by molar-refractivity contribution is 0.0565. The van der Waals surface area contributed by atoms with Crippen LogP contribution in [-0.2, 0) is 9.57 Å². The standard InChI is InChI=1S/C7H13N3O4/c1-7(2,3)13-5(11)9-4-10-6(12)14-8/h4H,8H2,1-3H3,(H,9,10,11,12). The van der Waals surface area contributed by atoms with Crippen LogP contribution < -0.4 is 11.2 Å². The minimum Gasteiger partial charge on any atom is -0.444 e. The number of carbonyl (C=O) groups is 2. The summed E-state index contributed by atoms with van der Waals surface area (Å²) < 4.78 is 4.83. The van der Waals surface area contributed by atoms with Crippen LogP contribution in [0.25, 0.3) is 0 Å². The van der Waals surface area contributed by atoms with Gasteiger partial charge in [0.2, 0.25) is 0 Å². The maximum Gasteiger partial charge on any atom is 0.453 e. The van der Waals surface area contributed by atoms with Crippen molar-refractivity contribution in [3.8, 4) is 0 Å². The average Bonchev–Trinajstić information content (AvgIpc) is 2.00. The molecule has 0 atom stereocenters. The molecule has 0 aliphatic heterocycles. The van der Waals surface area contributed by atoms with Gasteiger partial charge in [-0.25, -0.2) is 9.59 Å². The molecule has 0 spiro atoms. The minimum atomic E-state index is -1.01. The molecule has 0 rings (SSSR count). The molecule has 0 aromatic carbocycles. The van der Waals surface area contributed by atoms with E-state index in [0.717, 1.165) is 6.34 Å². The molecule has 7 nitrogen and oxygen atoms in total. The quantitative estimate of drug-likeness (QED) is 0.368. The van der Waals surface area contributed by atoms with E-state index in [1.165, 1.54) is 0 Å². The van der Waals surface area contributed by atoms with Crippen molar-refractivity contribution in [2.24, 2.45) is 10.9 Å². The predicted molar refractivity (Wildman–Crippen MR) is 48.5 cm³/mol. The summed E-state index contributed by atoms with van der Waals surface area (Å²) in [5.74, 6) is 4.48. The van der Waals surface area contributed by atoms with E-state index in [0.29, 0.717) is 0 Å². The maximum absolute atomic E-state index is 10.9. The molecule has 0 heterocycles. The highest BCUT2D eigenvalue weighted by Crippen LogP contribution is 2.05. The molecule has 0 bridgehead atoms. The third-order valence-corrected chi connectivity index (χ3v) is 0.852. The summed E-state index contributed by atoms with van der Waals surface area (Å²) in [6.07, 6.45) is -0.893. The minimum absolute atomic E-state index is 0.605. The highest BCUT2D eigenvalue weighted by atomic mass is 16.7. The van der Waals surface area contributed by atoms with Gasteiger partial charge in [-0.3, -0.25) is 5.32 Å². The van der Waals surface area contributed by atoms with Gasteiger partial charge in [-0.1, -0.05) is 0 Å². The van der Waals surface area contributed by atoms with E-state index in [2.05, 4.69) is 21.0 Å². The van der Waals surface area contributed by atoms with Gasteiger partial charge in [0.05, 0.1) is 0 Å². The zero-order valence-electron chi connectivity index (χ0n) is 8.23. The summed E-state index contributed by atoms with van der Waals surface area (Å²) >= 11 is 0. The van der Waals surface area contributed by atoms with Crippen molar-refractivity contribution in [3.63, 3.8) is 0 Å². The molecule has 0 aromatic heterocycles. The van der Waals surface area contributed by atoms with Crippen LogP contribution in [0.5, 0.6) is 0 Å². The first-order valence-electron chi connectivity index (χ1n) is 3.78. The van der Waals surface area contributed by atoms with Crippen LogP contribution in [0, 0.1) is 0 Å². The fraction of sp³-hybridized carbons (Fsp3) is 0.571. The first-order valence-corrected chi connectivity index (χ1v) is 3.78. The van der Waals surface area contributed by atoms with Crippen molar-refractivity contribution < 1.29 is 19.2 Å². The van der Waals surface area contributed by atoms with Gasteiger partial charge in [-0.2, -0.15) is 10.9 Å². The lowest BCUT2D eigenvalue weighted by Crippen LogP contribution is -2.31. The molecule has 2 amide bonds. The number of alkyl carbamates (subject to hydrolysis) is 1. The number of ether oxygens (including phenoxy) is 1. The first-order chi connectivity index (χ1) is 6.35. The Morgan fingerprint density at radius 2 is 2.00 bits per heavy atom. The number of hydrogen-bond donors (Lipinski definition) is 2. The van der Waals surface area contributed by atoms with Crippen molar-refractivity contribution in [2.75, 3.05) is 0 Å². The van der Waals surface area contributed by atoms with Crippen LogP contribution in [-0.4, -0.2) is 24.1 Å². The second-order valence-corrected chi connectivity index (χ2v) is 3.29. The second-order valence-electron chi connectivity index (χ2n) is 3.29. The van der Waals surface area contributed by atoms with Crippen molar-refractivity contribution >= 4 is 18.5 Å². The molecule has 0 unspecified atom stereocenters. The van der Waals surface area contributed by atoms with Gasteiger partial charge in [0, 0.05) is 0 Å². The van der Waals surface area contributed by atoms with Gasteiger partial charge in [0.1, 0.15) is 11.9 Å². The van der Waals surface area contributed by atoms with Crippen LogP contribution >= 0.6 is 0 Å². The van der Waals surface area contributed by atoms with Gasteiger partial charge in [0.25, 0.3) is 0 Å². The van der Waals surface area contributed by atoms with E-state index in [4.69, 9.17) is 4.74 Å². The molecule has 14 heavy (non-hydrogen) atoms. The molecular formula is C7H13N3O4. The molecule has 0 radical (unpaired) electrons. The van der Waals surface area contributed by atoms with Crippen LogP contribution in [0.15, 0.2) is 4.99 Å². The van der Waals surface area contributed by atoms with Crippen molar-refractivity contribution in [1.29, 1.82) is 0 Å². The summed E-state index contributed by atoms with van der Waals surface area (Å²) in [5, 5.41) is 2.10. The Kier molecular flexibility index (Phi) is 4.57. The highest BCUT2D eigenvalue weighted by molar-refractivity contribution is 5.87. The smallest absolute Gasteiger partial charge is 0.444 e. The Morgan fingerprint density at radius 3 is 2.43 bits per heavy atom. The van der Waals surface area contributed by atoms with E-state index in [9.17, 15) is 9.59 Å². The fourth-order valence-electron chi connectivity index (χ4n) is 0.476. The van der Waals surface area contributed by atoms with Crippen molar-refractivity contribution in [1.82, 2.24) is 5.32 Å². The van der Waals surface area contributed by atoms with Gasteiger partial charge < -0.3 is 9.57 Å². The van der Waals surface area contributed by atoms with Gasteiger partial charge in [-0.05, 0) is 20.8 Å². The molecule has 0 saturated heterocycles. The number of nitrogens with zero attached hydrogens (tertiary/aromatic N) is 1. The Hall–Kier alpha value is -1.63. The number of hydrogen-bond acceptors (Lipinski definition) is 5. The topological polar surface area (TPSA) is 103 Å². The Balaban J connectivity index is 3.86. The second kappa shape index (κ2) is 5.18. The molecule has 3 N–H and O–H groups in total. The van der Waals surface area contributed by atoms with Crippen molar-refractivity contribution in [3.05, 3.63) is 0 Å². The van der Waals surface area contributed by atoms with Crippen LogP contribution in [0.4, 0.5) is 9.59 Å². The summed E-state index contributed by atoms with van der Waals surface area (Å²) in [7, 11) is 0. The number of nitrogens with two attached hydrogens (primary N) is 1. The van der Waals surface area contributed by atoms with Gasteiger partial charge in [-0.15, -0.1) is 0 Å². The lowest BCUT2D eigenvalue weighted by atomic mass is 10.2. The summed E-state index contributed by atoms with van der Waals surface area (Å²) in [5.41, 5.74) is -0.605. The number of nitrogens with one attached hydrogen (secondary N) is 1. The Labute approximate surface area is 81.2 Å². The van der Waals surface area contributed by atoms with E-state index in [1.807, 2.05) is 0 Å². The van der Waals surface area contributed by atoms with E-state index in [-0.39, 0.29) is 0 Å². The third kappa shape index (κ3) is 7.04. The lowest BCUT2D eigenvalue weighted by Gasteiger charge is -2.18. The zero-order valence-corrected chi connectivity index (χ0v) is 8.23. The monoisotopic (exact) mass is 203 g/mol. The van der Waals surface area contributed by atoms with Gasteiger partial charge >= 0.3 is 12.2 Å². The van der Waals surface area contributed by atoms with E-state index in [1.54, 1.807) is 20.8 Å². The maximum atomic E-state index is 10.9. The fourth-order valence-corrected chi connectivity index (χ4v) is 0.476. The van der Waals surface area contributed by atoms with Crippen LogP contribution in [0.3, 0.4) is 0 Å². The van der Waals surface area contributed by atoms with Crippen molar-refractivity contribution in [2.45, 2.75) is 26.4 Å². The third-order valence-electron chi connectivity index (χ3n) is 0.852. The molecular weight excluding hydrogens is 190 g/mol. The van der Waals surface area contributed by atoms with E-state index >= 15 is 0 Å². The molecule has 0 aromatic rings. The largest absolute Gasteiger partial charge is 0.453 e. The van der Waals surface area contributed by atoms with E-state index < -0.39 is 17.8 Å². The predicted octanol–water partition coefficient (Wildman–Crippen LogP) is 0.550. The SMILES string of the molecule is CC(C)(C)OC(=O)NC=NC(=O)ON. The molecule has 0 fully saturated rings. The molecule has 7 heteroatoms. The summed E-state index contributed by atoms with van der Waals surface area (Å²) in [6, 6.07) is 0. The summed E-state index contributed by atoms with van der Waals surface area (Å²) in [4.78, 5) is 28.1. The zero-order chi connectivity index (χ0) is 11.2. The highest BCUT2D eigenvalue weighted by Gasteiger charge is 2.14. The number of aliphatic imine (C=N–C) groups is 1. The van der Waals surface area contributed by atoms with Gasteiger partial charge in [0.15, 0.2) is 0 Å². The molecule has 0 aliphatic carbocycles. The Morgan fingerprint density at radius 1 is 1.43 bits per heavy atom. The first kappa shape index (κ1) is 12.4. The normalized spacial score (nSPS) is 11.1.